The summed E-state index contributed by atoms with van der Waals surface area (Å²) in [6.45, 7) is 0. The monoisotopic (exact) mass is 321 g/mol. The van der Waals surface area contributed by atoms with Crippen molar-refractivity contribution in [2.75, 3.05) is 0 Å². The van der Waals surface area contributed by atoms with Crippen molar-refractivity contribution < 1.29 is 13.2 Å². The lowest BCUT2D eigenvalue weighted by Crippen LogP contribution is -2.41. The van der Waals surface area contributed by atoms with E-state index in [0.29, 0.717) is 11.4 Å². The second-order valence-electron chi connectivity index (χ2n) is 5.95. The summed E-state index contributed by atoms with van der Waals surface area (Å²) in [7, 11) is -3.10. The van der Waals surface area contributed by atoms with Crippen molar-refractivity contribution in [3.63, 3.8) is 0 Å². The van der Waals surface area contributed by atoms with Crippen molar-refractivity contribution in [1.29, 1.82) is 5.26 Å². The van der Waals surface area contributed by atoms with Crippen LogP contribution in [0.1, 0.15) is 44.1 Å². The minimum atomic E-state index is -3.10. The first-order valence-electron chi connectivity index (χ1n) is 7.61. The van der Waals surface area contributed by atoms with Crippen LogP contribution in [-0.4, -0.2) is 30.8 Å². The Morgan fingerprint density at radius 1 is 1.18 bits per heavy atom. The van der Waals surface area contributed by atoms with Crippen molar-refractivity contribution in [3.05, 3.63) is 23.9 Å². The molecule has 1 N–H and O–H groups in total. The van der Waals surface area contributed by atoms with Gasteiger partial charge in [-0.1, -0.05) is 0 Å². The number of nitrogens with zero attached hydrogens (tertiary/aromatic N) is 2. The van der Waals surface area contributed by atoms with Crippen LogP contribution in [0.5, 0.6) is 5.88 Å². The molecule has 0 aliphatic heterocycles. The Kier molecular flexibility index (Phi) is 4.32. The molecule has 3 rings (SSSR count). The molecule has 1 aromatic heterocycles. The number of nitrogens with one attached hydrogen (secondary N) is 1. The average molecular weight is 321 g/mol. The number of nitriles is 1. The van der Waals surface area contributed by atoms with Crippen LogP contribution in [0.15, 0.2) is 18.3 Å². The Balaban J connectivity index is 1.48. The molecule has 0 radical (unpaired) electrons. The third-order valence-electron chi connectivity index (χ3n) is 4.12. The van der Waals surface area contributed by atoms with Gasteiger partial charge in [-0.05, 0) is 44.6 Å². The molecule has 0 saturated heterocycles. The van der Waals surface area contributed by atoms with Gasteiger partial charge >= 0.3 is 0 Å². The Hall–Kier alpha value is -1.65. The number of aromatic nitrogens is 1. The van der Waals surface area contributed by atoms with Gasteiger partial charge in [-0.25, -0.2) is 18.1 Å². The molecule has 7 heteroatoms. The summed E-state index contributed by atoms with van der Waals surface area (Å²) in [5.74, 6) is 0.515. The van der Waals surface area contributed by atoms with Gasteiger partial charge in [-0.15, -0.1) is 0 Å². The molecule has 2 aliphatic rings. The minimum absolute atomic E-state index is 0.0272. The van der Waals surface area contributed by atoms with Gasteiger partial charge in [0.25, 0.3) is 0 Å². The van der Waals surface area contributed by atoms with E-state index >= 15 is 0 Å². The summed E-state index contributed by atoms with van der Waals surface area (Å²) in [6, 6.07) is 5.42. The fourth-order valence-electron chi connectivity index (χ4n) is 2.69. The number of hydrogen-bond acceptors (Lipinski definition) is 5. The number of hydrogen-bond donors (Lipinski definition) is 1. The molecule has 0 unspecified atom stereocenters. The van der Waals surface area contributed by atoms with E-state index in [9.17, 15) is 8.42 Å². The molecule has 1 heterocycles. The maximum absolute atomic E-state index is 11.9. The number of ether oxygens (including phenoxy) is 1. The Morgan fingerprint density at radius 2 is 1.91 bits per heavy atom. The van der Waals surface area contributed by atoms with Crippen LogP contribution >= 0.6 is 0 Å². The molecule has 2 fully saturated rings. The minimum Gasteiger partial charge on any atom is -0.474 e. The van der Waals surface area contributed by atoms with Gasteiger partial charge in [0.1, 0.15) is 12.2 Å². The SMILES string of the molecule is N#Cc1ccc(OC2CCC(NS(=O)(=O)C3CC3)CC2)nc1. The highest BCUT2D eigenvalue weighted by Crippen LogP contribution is 2.29. The van der Waals surface area contributed by atoms with E-state index in [2.05, 4.69) is 9.71 Å². The second-order valence-corrected chi connectivity index (χ2v) is 7.94. The topological polar surface area (TPSA) is 92.1 Å². The van der Waals surface area contributed by atoms with Crippen molar-refractivity contribution in [3.8, 4) is 11.9 Å². The van der Waals surface area contributed by atoms with E-state index in [1.54, 1.807) is 12.1 Å². The van der Waals surface area contributed by atoms with Gasteiger partial charge in [0.2, 0.25) is 15.9 Å². The van der Waals surface area contributed by atoms with Gasteiger partial charge in [0.05, 0.1) is 10.8 Å². The van der Waals surface area contributed by atoms with Gasteiger partial charge in [0, 0.05) is 18.3 Å². The van der Waals surface area contributed by atoms with E-state index in [-0.39, 0.29) is 17.4 Å². The highest BCUT2D eigenvalue weighted by molar-refractivity contribution is 7.90. The van der Waals surface area contributed by atoms with Gasteiger partial charge in [-0.2, -0.15) is 5.26 Å². The zero-order valence-electron chi connectivity index (χ0n) is 12.2. The molecule has 118 valence electrons. The third-order valence-corrected chi connectivity index (χ3v) is 6.13. The summed E-state index contributed by atoms with van der Waals surface area (Å²) in [5.41, 5.74) is 0.505. The number of pyridine rings is 1. The third kappa shape index (κ3) is 3.76. The molecule has 0 aromatic carbocycles. The predicted octanol–water partition coefficient (Wildman–Crippen LogP) is 1.73. The standard InChI is InChI=1S/C15H19N3O3S/c16-9-11-1-8-15(17-10-11)21-13-4-2-12(3-5-13)18-22(19,20)14-6-7-14/h1,8,10,12-14,18H,2-7H2. The van der Waals surface area contributed by atoms with E-state index in [4.69, 9.17) is 10.00 Å². The lowest BCUT2D eigenvalue weighted by molar-refractivity contribution is 0.138. The Morgan fingerprint density at radius 3 is 2.45 bits per heavy atom. The summed E-state index contributed by atoms with van der Waals surface area (Å²) in [4.78, 5) is 4.10. The molecule has 2 aliphatic carbocycles. The van der Waals surface area contributed by atoms with Crippen LogP contribution in [0.25, 0.3) is 0 Å². The van der Waals surface area contributed by atoms with Crippen LogP contribution < -0.4 is 9.46 Å². The molecule has 0 bridgehead atoms. The zero-order chi connectivity index (χ0) is 15.6. The van der Waals surface area contributed by atoms with Crippen molar-refractivity contribution >= 4 is 10.0 Å². The molecular formula is C15H19N3O3S. The van der Waals surface area contributed by atoms with Crippen molar-refractivity contribution in [1.82, 2.24) is 9.71 Å². The molecule has 0 atom stereocenters. The molecule has 22 heavy (non-hydrogen) atoms. The van der Waals surface area contributed by atoms with Crippen LogP contribution in [-0.2, 0) is 10.0 Å². The van der Waals surface area contributed by atoms with Gasteiger partial charge in [0.15, 0.2) is 0 Å². The van der Waals surface area contributed by atoms with E-state index < -0.39 is 10.0 Å². The smallest absolute Gasteiger partial charge is 0.214 e. The molecule has 2 saturated carbocycles. The first-order valence-corrected chi connectivity index (χ1v) is 9.15. The lowest BCUT2D eigenvalue weighted by atomic mass is 9.94. The number of sulfonamides is 1. The summed E-state index contributed by atoms with van der Waals surface area (Å²) < 4.78 is 32.4. The fourth-order valence-corrected chi connectivity index (χ4v) is 4.34. The van der Waals surface area contributed by atoms with E-state index in [1.165, 1.54) is 6.20 Å². The summed E-state index contributed by atoms with van der Waals surface area (Å²) in [6.07, 6.45) is 6.31. The second kappa shape index (κ2) is 6.23. The fraction of sp³-hybridized carbons (Fsp3) is 0.600. The highest BCUT2D eigenvalue weighted by atomic mass is 32.2. The molecule has 6 nitrogen and oxygen atoms in total. The molecule has 1 aromatic rings. The summed E-state index contributed by atoms with van der Waals surface area (Å²) in [5, 5.41) is 8.57. The first-order chi connectivity index (χ1) is 10.6. The number of rotatable bonds is 5. The zero-order valence-corrected chi connectivity index (χ0v) is 13.1. The van der Waals surface area contributed by atoms with Crippen LogP contribution in [0.4, 0.5) is 0 Å². The molecule has 0 spiro atoms. The van der Waals surface area contributed by atoms with Crippen LogP contribution in [0, 0.1) is 11.3 Å². The quantitative estimate of drug-likeness (QED) is 0.891. The van der Waals surface area contributed by atoms with Gasteiger partial charge in [-0.3, -0.25) is 0 Å². The lowest BCUT2D eigenvalue weighted by Gasteiger charge is -2.29. The van der Waals surface area contributed by atoms with Crippen LogP contribution in [0.2, 0.25) is 0 Å². The molecule has 0 amide bonds. The summed E-state index contributed by atoms with van der Waals surface area (Å²) >= 11 is 0. The normalized spacial score (nSPS) is 25.4. The maximum atomic E-state index is 11.9. The first kappa shape index (κ1) is 15.3. The van der Waals surface area contributed by atoms with Crippen molar-refractivity contribution in [2.45, 2.75) is 55.9 Å². The highest BCUT2D eigenvalue weighted by Gasteiger charge is 2.37. The van der Waals surface area contributed by atoms with Crippen molar-refractivity contribution in [2.24, 2.45) is 0 Å². The van der Waals surface area contributed by atoms with E-state index in [1.807, 2.05) is 6.07 Å². The van der Waals surface area contributed by atoms with Gasteiger partial charge < -0.3 is 4.74 Å². The Bertz CT molecular complexity index is 654. The molecular weight excluding hydrogens is 302 g/mol. The van der Waals surface area contributed by atoms with E-state index in [0.717, 1.165) is 38.5 Å². The average Bonchev–Trinajstić information content (AvgIpc) is 3.35. The predicted molar refractivity (Wildman–Crippen MR) is 80.7 cm³/mol. The Labute approximate surface area is 130 Å². The van der Waals surface area contributed by atoms with Crippen LogP contribution in [0.3, 0.4) is 0 Å². The maximum Gasteiger partial charge on any atom is 0.214 e. The largest absolute Gasteiger partial charge is 0.474 e.